The normalized spacial score (nSPS) is 27.9. The highest BCUT2D eigenvalue weighted by molar-refractivity contribution is 5.81. The molecule has 0 aromatic carbocycles. The van der Waals surface area contributed by atoms with Gasteiger partial charge in [-0.3, -0.25) is 4.90 Å². The molecule has 1 aliphatic carbocycles. The maximum atomic E-state index is 12.2. The minimum absolute atomic E-state index is 0.311. The summed E-state index contributed by atoms with van der Waals surface area (Å²) in [6.07, 6.45) is 4.86. The summed E-state index contributed by atoms with van der Waals surface area (Å²) in [5.74, 6) is -0.0354. The van der Waals surface area contributed by atoms with Crippen molar-refractivity contribution >= 4 is 12.1 Å². The van der Waals surface area contributed by atoms with Crippen molar-refractivity contribution in [3.63, 3.8) is 0 Å². The van der Waals surface area contributed by atoms with Gasteiger partial charge in [0, 0.05) is 6.54 Å². The molecule has 0 aromatic heterocycles. The molecule has 0 bridgehead atoms. The largest absolute Gasteiger partial charge is 0.480 e. The second-order valence-corrected chi connectivity index (χ2v) is 7.03. The average Bonchev–Trinajstić information content (AvgIpc) is 2.95. The van der Waals surface area contributed by atoms with E-state index >= 15 is 0 Å². The lowest BCUT2D eigenvalue weighted by atomic mass is 9.89. The van der Waals surface area contributed by atoms with Crippen molar-refractivity contribution in [1.82, 2.24) is 4.90 Å². The molecule has 1 heterocycles. The predicted octanol–water partition coefficient (Wildman–Crippen LogP) is 2.89. The van der Waals surface area contributed by atoms with Crippen molar-refractivity contribution < 1.29 is 19.4 Å². The molecule has 5 heteroatoms. The number of carbonyl (C=O) groups is 2. The van der Waals surface area contributed by atoms with Gasteiger partial charge < -0.3 is 9.84 Å². The SMILES string of the molecule is CC(C)(C)OC(=O)N1CC(C2CCCC2)C[C@H]1C(=O)O. The van der Waals surface area contributed by atoms with Gasteiger partial charge in [-0.15, -0.1) is 0 Å². The van der Waals surface area contributed by atoms with Crippen molar-refractivity contribution in [1.29, 1.82) is 0 Å². The highest BCUT2D eigenvalue weighted by Gasteiger charge is 2.44. The number of carbonyl (C=O) groups excluding carboxylic acids is 1. The van der Waals surface area contributed by atoms with Crippen LogP contribution in [0.3, 0.4) is 0 Å². The third-order valence-corrected chi connectivity index (χ3v) is 4.31. The number of nitrogens with zero attached hydrogens (tertiary/aromatic N) is 1. The van der Waals surface area contributed by atoms with Crippen molar-refractivity contribution in [2.75, 3.05) is 6.54 Å². The maximum Gasteiger partial charge on any atom is 0.411 e. The summed E-state index contributed by atoms with van der Waals surface area (Å²) in [6.45, 7) is 5.91. The van der Waals surface area contributed by atoms with Gasteiger partial charge in [-0.05, 0) is 39.0 Å². The van der Waals surface area contributed by atoms with Gasteiger partial charge in [-0.25, -0.2) is 9.59 Å². The third-order valence-electron chi connectivity index (χ3n) is 4.31. The first-order valence-electron chi connectivity index (χ1n) is 7.50. The lowest BCUT2D eigenvalue weighted by Gasteiger charge is -2.27. The van der Waals surface area contributed by atoms with Gasteiger partial charge in [0.25, 0.3) is 0 Å². The minimum atomic E-state index is -0.920. The van der Waals surface area contributed by atoms with E-state index < -0.39 is 23.7 Å². The van der Waals surface area contributed by atoms with E-state index in [2.05, 4.69) is 0 Å². The van der Waals surface area contributed by atoms with Gasteiger partial charge >= 0.3 is 12.1 Å². The van der Waals surface area contributed by atoms with E-state index in [9.17, 15) is 14.7 Å². The van der Waals surface area contributed by atoms with Gasteiger partial charge in [0.05, 0.1) is 0 Å². The first kappa shape index (κ1) is 15.1. The number of carboxylic acids is 1. The van der Waals surface area contributed by atoms with Crippen LogP contribution in [0.2, 0.25) is 0 Å². The third kappa shape index (κ3) is 3.44. The number of carboxylic acid groups (broad SMARTS) is 1. The molecule has 1 unspecified atom stereocenters. The van der Waals surface area contributed by atoms with Gasteiger partial charge in [-0.1, -0.05) is 25.7 Å². The van der Waals surface area contributed by atoms with Crippen LogP contribution in [0.15, 0.2) is 0 Å². The highest BCUT2D eigenvalue weighted by atomic mass is 16.6. The van der Waals surface area contributed by atoms with Crippen LogP contribution in [-0.4, -0.2) is 40.3 Å². The summed E-state index contributed by atoms with van der Waals surface area (Å²) in [4.78, 5) is 25.0. The maximum absolute atomic E-state index is 12.2. The molecule has 1 aliphatic heterocycles. The van der Waals surface area contributed by atoms with E-state index in [-0.39, 0.29) is 0 Å². The van der Waals surface area contributed by atoms with Crippen LogP contribution in [0.1, 0.15) is 52.9 Å². The monoisotopic (exact) mass is 283 g/mol. The number of hydrogen-bond donors (Lipinski definition) is 1. The molecule has 5 nitrogen and oxygen atoms in total. The first-order chi connectivity index (χ1) is 9.28. The Morgan fingerprint density at radius 2 is 1.75 bits per heavy atom. The number of ether oxygens (including phenoxy) is 1. The molecule has 2 fully saturated rings. The van der Waals surface area contributed by atoms with Crippen molar-refractivity contribution in [3.05, 3.63) is 0 Å². The van der Waals surface area contributed by atoms with Gasteiger partial charge in [0.15, 0.2) is 0 Å². The Morgan fingerprint density at radius 1 is 1.15 bits per heavy atom. The van der Waals surface area contributed by atoms with Gasteiger partial charge in [0.2, 0.25) is 0 Å². The Hall–Kier alpha value is -1.26. The van der Waals surface area contributed by atoms with Gasteiger partial charge in [0.1, 0.15) is 11.6 Å². The first-order valence-corrected chi connectivity index (χ1v) is 7.50. The van der Waals surface area contributed by atoms with E-state index in [1.807, 2.05) is 0 Å². The van der Waals surface area contributed by atoms with Crippen LogP contribution in [0, 0.1) is 11.8 Å². The lowest BCUT2D eigenvalue weighted by Crippen LogP contribution is -2.43. The number of rotatable bonds is 2. The van der Waals surface area contributed by atoms with Crippen molar-refractivity contribution in [2.45, 2.75) is 64.5 Å². The van der Waals surface area contributed by atoms with E-state index in [0.717, 1.165) is 0 Å². The summed E-state index contributed by atoms with van der Waals surface area (Å²) in [5.41, 5.74) is -0.592. The van der Waals surface area contributed by atoms with Crippen LogP contribution in [0.25, 0.3) is 0 Å². The molecule has 2 atom stereocenters. The van der Waals surface area contributed by atoms with Crippen LogP contribution >= 0.6 is 0 Å². The highest BCUT2D eigenvalue weighted by Crippen LogP contribution is 2.39. The van der Waals surface area contributed by atoms with Crippen LogP contribution in [0.4, 0.5) is 4.79 Å². The molecule has 114 valence electrons. The Kier molecular flexibility index (Phi) is 4.25. The predicted molar refractivity (Wildman–Crippen MR) is 74.4 cm³/mol. The zero-order valence-corrected chi connectivity index (χ0v) is 12.6. The Balaban J connectivity index is 2.05. The molecular formula is C15H25NO4. The van der Waals surface area contributed by atoms with E-state index in [1.54, 1.807) is 20.8 Å². The van der Waals surface area contributed by atoms with E-state index in [1.165, 1.54) is 30.6 Å². The molecule has 1 amide bonds. The summed E-state index contributed by atoms with van der Waals surface area (Å²) >= 11 is 0. The molecule has 0 spiro atoms. The zero-order chi connectivity index (χ0) is 14.9. The Labute approximate surface area is 120 Å². The fraction of sp³-hybridized carbons (Fsp3) is 0.867. The molecule has 0 radical (unpaired) electrons. The average molecular weight is 283 g/mol. The molecule has 20 heavy (non-hydrogen) atoms. The van der Waals surface area contributed by atoms with Crippen LogP contribution < -0.4 is 0 Å². The molecule has 2 rings (SSSR count). The number of likely N-dealkylation sites (tertiary alicyclic amines) is 1. The van der Waals surface area contributed by atoms with Gasteiger partial charge in [-0.2, -0.15) is 0 Å². The van der Waals surface area contributed by atoms with Crippen molar-refractivity contribution in [3.8, 4) is 0 Å². The quantitative estimate of drug-likeness (QED) is 0.846. The summed E-state index contributed by atoms with van der Waals surface area (Å²) < 4.78 is 5.34. The number of amides is 1. The second-order valence-electron chi connectivity index (χ2n) is 7.03. The van der Waals surface area contributed by atoms with Crippen LogP contribution in [-0.2, 0) is 9.53 Å². The number of aliphatic carboxylic acids is 1. The molecule has 1 saturated carbocycles. The molecular weight excluding hydrogens is 258 g/mol. The Bertz CT molecular complexity index is 382. The molecule has 0 aromatic rings. The fourth-order valence-electron chi connectivity index (χ4n) is 3.40. The van der Waals surface area contributed by atoms with Crippen LogP contribution in [0.5, 0.6) is 0 Å². The van der Waals surface area contributed by atoms with Crippen molar-refractivity contribution in [2.24, 2.45) is 11.8 Å². The topological polar surface area (TPSA) is 66.8 Å². The number of hydrogen-bond acceptors (Lipinski definition) is 3. The molecule has 1 N–H and O–H groups in total. The van der Waals surface area contributed by atoms with E-state index in [0.29, 0.717) is 24.8 Å². The summed E-state index contributed by atoms with van der Waals surface area (Å²) in [6, 6.07) is -0.726. The van der Waals surface area contributed by atoms with E-state index in [4.69, 9.17) is 4.74 Å². The minimum Gasteiger partial charge on any atom is -0.480 e. The Morgan fingerprint density at radius 3 is 2.25 bits per heavy atom. The fourth-order valence-corrected chi connectivity index (χ4v) is 3.40. The smallest absolute Gasteiger partial charge is 0.411 e. The standard InChI is InChI=1S/C15H25NO4/c1-15(2,3)20-14(19)16-9-11(8-12(16)13(17)18)10-6-4-5-7-10/h10-12H,4-9H2,1-3H3,(H,17,18)/t11?,12-/m0/s1. The summed E-state index contributed by atoms with van der Waals surface area (Å²) in [5, 5.41) is 9.34. The lowest BCUT2D eigenvalue weighted by molar-refractivity contribution is -0.142. The summed E-state index contributed by atoms with van der Waals surface area (Å²) in [7, 11) is 0. The molecule has 2 aliphatic rings. The second kappa shape index (κ2) is 5.62. The molecule has 1 saturated heterocycles. The zero-order valence-electron chi connectivity index (χ0n) is 12.6.